The third-order valence-electron chi connectivity index (χ3n) is 3.97. The van der Waals surface area contributed by atoms with Gasteiger partial charge >= 0.3 is 5.97 Å². The van der Waals surface area contributed by atoms with Crippen molar-refractivity contribution < 1.29 is 26.7 Å². The second-order valence-electron chi connectivity index (χ2n) is 5.85. The van der Waals surface area contributed by atoms with Crippen LogP contribution >= 0.6 is 0 Å². The molecule has 1 unspecified atom stereocenters. The molecule has 0 aliphatic carbocycles. The number of benzene rings is 1. The smallest absolute Gasteiger partial charge is 0.307 e. The summed E-state index contributed by atoms with van der Waals surface area (Å²) in [5.74, 6) is -1.76. The summed E-state index contributed by atoms with van der Waals surface area (Å²) in [7, 11) is -7.50. The Labute approximate surface area is 135 Å². The number of sulfonamides is 1. The fourth-order valence-electron chi connectivity index (χ4n) is 2.73. The minimum absolute atomic E-state index is 0.0231. The van der Waals surface area contributed by atoms with Gasteiger partial charge in [0.2, 0.25) is 10.0 Å². The molecule has 1 saturated heterocycles. The lowest BCUT2D eigenvalue weighted by molar-refractivity contribution is -0.141. The van der Waals surface area contributed by atoms with E-state index in [0.29, 0.717) is 5.56 Å². The highest BCUT2D eigenvalue weighted by Crippen LogP contribution is 2.30. The van der Waals surface area contributed by atoms with E-state index in [2.05, 4.69) is 0 Å². The number of hydrogen-bond acceptors (Lipinski definition) is 5. The SMILES string of the molecule is Cc1cc(S(C)(=O)=O)c(C)c(S(=O)(=O)N2CCC(C(=O)O)C2)c1. The molecule has 1 aromatic carbocycles. The summed E-state index contributed by atoms with van der Waals surface area (Å²) in [4.78, 5) is 10.9. The van der Waals surface area contributed by atoms with Crippen LogP contribution in [0.25, 0.3) is 0 Å². The van der Waals surface area contributed by atoms with Gasteiger partial charge in [-0.15, -0.1) is 0 Å². The van der Waals surface area contributed by atoms with Crippen LogP contribution in [0.15, 0.2) is 21.9 Å². The number of hydrogen-bond donors (Lipinski definition) is 1. The molecular weight excluding hydrogens is 342 g/mol. The predicted molar refractivity (Wildman–Crippen MR) is 83.5 cm³/mol. The fourth-order valence-corrected chi connectivity index (χ4v) is 5.70. The van der Waals surface area contributed by atoms with Crippen molar-refractivity contribution in [2.75, 3.05) is 19.3 Å². The number of carboxylic acids is 1. The van der Waals surface area contributed by atoms with E-state index >= 15 is 0 Å². The molecule has 0 spiro atoms. The number of carbonyl (C=O) groups is 1. The molecule has 128 valence electrons. The Bertz CT molecular complexity index is 857. The van der Waals surface area contributed by atoms with Crippen molar-refractivity contribution in [1.82, 2.24) is 4.31 Å². The first-order chi connectivity index (χ1) is 10.4. The molecule has 0 saturated carbocycles. The van der Waals surface area contributed by atoms with Gasteiger partial charge in [0.25, 0.3) is 0 Å². The first-order valence-electron chi connectivity index (χ1n) is 6.99. The predicted octanol–water partition coefficient (Wildman–Crippen LogP) is 0.802. The number of rotatable bonds is 4. The Morgan fingerprint density at radius 3 is 2.22 bits per heavy atom. The zero-order chi connectivity index (χ0) is 17.6. The molecular formula is C14H19NO6S2. The Kier molecular flexibility index (Phi) is 4.57. The van der Waals surface area contributed by atoms with Crippen LogP contribution < -0.4 is 0 Å². The molecule has 0 radical (unpaired) electrons. The molecule has 1 N–H and O–H groups in total. The monoisotopic (exact) mass is 361 g/mol. The minimum atomic E-state index is -3.94. The maximum atomic E-state index is 12.8. The lowest BCUT2D eigenvalue weighted by Gasteiger charge is -2.19. The molecule has 0 bridgehead atoms. The number of nitrogens with zero attached hydrogens (tertiary/aromatic N) is 1. The van der Waals surface area contributed by atoms with Crippen LogP contribution in [0.4, 0.5) is 0 Å². The Hall–Kier alpha value is -1.45. The van der Waals surface area contributed by atoms with E-state index in [0.717, 1.165) is 10.6 Å². The lowest BCUT2D eigenvalue weighted by Crippen LogP contribution is -2.31. The second kappa shape index (κ2) is 5.88. The van der Waals surface area contributed by atoms with E-state index in [4.69, 9.17) is 5.11 Å². The Morgan fingerprint density at radius 1 is 1.17 bits per heavy atom. The van der Waals surface area contributed by atoms with Crippen LogP contribution in [0.3, 0.4) is 0 Å². The third-order valence-corrected chi connectivity index (χ3v) is 7.19. The van der Waals surface area contributed by atoms with Gasteiger partial charge in [-0.3, -0.25) is 4.79 Å². The van der Waals surface area contributed by atoms with E-state index in [9.17, 15) is 21.6 Å². The van der Waals surface area contributed by atoms with Crippen LogP contribution in [0.2, 0.25) is 0 Å². The second-order valence-corrected chi connectivity index (χ2v) is 9.74. The summed E-state index contributed by atoms with van der Waals surface area (Å²) in [6.45, 7) is 3.09. The largest absolute Gasteiger partial charge is 0.481 e. The standard InChI is InChI=1S/C14H19NO6S2/c1-9-6-12(22(3,18)19)10(2)13(7-9)23(20,21)15-5-4-11(8-15)14(16)17/h6-7,11H,4-5,8H2,1-3H3,(H,16,17). The van der Waals surface area contributed by atoms with E-state index in [-0.39, 0.29) is 34.9 Å². The van der Waals surface area contributed by atoms with Crippen LogP contribution in [0.1, 0.15) is 17.5 Å². The van der Waals surface area contributed by atoms with E-state index in [1.54, 1.807) is 6.92 Å². The first-order valence-corrected chi connectivity index (χ1v) is 10.3. The van der Waals surface area contributed by atoms with E-state index < -0.39 is 31.7 Å². The van der Waals surface area contributed by atoms with Crippen molar-refractivity contribution in [1.29, 1.82) is 0 Å². The molecule has 0 amide bonds. The van der Waals surface area contributed by atoms with Crippen LogP contribution in [-0.2, 0) is 24.7 Å². The molecule has 1 heterocycles. The van der Waals surface area contributed by atoms with Gasteiger partial charge in [-0.1, -0.05) is 0 Å². The third kappa shape index (κ3) is 3.41. The number of sulfone groups is 1. The molecule has 1 aliphatic heterocycles. The highest BCUT2D eigenvalue weighted by Gasteiger charge is 2.37. The number of aryl methyl sites for hydroxylation is 1. The molecule has 1 aromatic rings. The van der Waals surface area contributed by atoms with Gasteiger partial charge in [-0.2, -0.15) is 4.31 Å². The highest BCUT2D eigenvalue weighted by molar-refractivity contribution is 7.91. The average molecular weight is 361 g/mol. The van der Waals surface area contributed by atoms with Crippen LogP contribution in [0, 0.1) is 19.8 Å². The molecule has 23 heavy (non-hydrogen) atoms. The quantitative estimate of drug-likeness (QED) is 0.850. The van der Waals surface area contributed by atoms with Gasteiger partial charge in [0.15, 0.2) is 9.84 Å². The summed E-state index contributed by atoms with van der Waals surface area (Å²) in [5.41, 5.74) is 0.681. The van der Waals surface area contributed by atoms with Crippen LogP contribution in [-0.4, -0.2) is 51.6 Å². The number of carboxylic acid groups (broad SMARTS) is 1. The zero-order valence-corrected chi connectivity index (χ0v) is 14.7. The molecule has 1 aliphatic rings. The normalized spacial score (nSPS) is 19.9. The summed E-state index contributed by atoms with van der Waals surface area (Å²) in [6.07, 6.45) is 1.28. The maximum absolute atomic E-state index is 12.8. The van der Waals surface area contributed by atoms with E-state index in [1.807, 2.05) is 0 Å². The van der Waals surface area contributed by atoms with Gasteiger partial charge in [-0.05, 0) is 43.5 Å². The van der Waals surface area contributed by atoms with Crippen molar-refractivity contribution in [3.63, 3.8) is 0 Å². The van der Waals surface area contributed by atoms with Gasteiger partial charge < -0.3 is 5.11 Å². The molecule has 7 nitrogen and oxygen atoms in total. The zero-order valence-electron chi connectivity index (χ0n) is 13.1. The molecule has 2 rings (SSSR count). The lowest BCUT2D eigenvalue weighted by atomic mass is 10.1. The molecule has 1 fully saturated rings. The Balaban J connectivity index is 2.54. The molecule has 9 heteroatoms. The maximum Gasteiger partial charge on any atom is 0.307 e. The Morgan fingerprint density at radius 2 is 1.74 bits per heavy atom. The van der Waals surface area contributed by atoms with Crippen molar-refractivity contribution >= 4 is 25.8 Å². The summed E-state index contributed by atoms with van der Waals surface area (Å²) >= 11 is 0. The van der Waals surface area contributed by atoms with Crippen molar-refractivity contribution in [3.8, 4) is 0 Å². The fraction of sp³-hybridized carbons (Fsp3) is 0.500. The van der Waals surface area contributed by atoms with Crippen molar-refractivity contribution in [2.45, 2.75) is 30.1 Å². The molecule has 0 aromatic heterocycles. The summed E-state index contributed by atoms with van der Waals surface area (Å²) in [5, 5.41) is 9.02. The van der Waals surface area contributed by atoms with Crippen LogP contribution in [0.5, 0.6) is 0 Å². The summed E-state index contributed by atoms with van der Waals surface area (Å²) < 4.78 is 50.4. The van der Waals surface area contributed by atoms with Gasteiger partial charge in [0.1, 0.15) is 0 Å². The topological polar surface area (TPSA) is 109 Å². The van der Waals surface area contributed by atoms with Gasteiger partial charge in [-0.25, -0.2) is 16.8 Å². The molecule has 1 atom stereocenters. The first kappa shape index (κ1) is 17.9. The van der Waals surface area contributed by atoms with Gasteiger partial charge in [0, 0.05) is 19.3 Å². The van der Waals surface area contributed by atoms with Gasteiger partial charge in [0.05, 0.1) is 15.7 Å². The number of aliphatic carboxylic acids is 1. The van der Waals surface area contributed by atoms with E-state index in [1.165, 1.54) is 19.1 Å². The highest BCUT2D eigenvalue weighted by atomic mass is 32.2. The van der Waals surface area contributed by atoms with Crippen molar-refractivity contribution in [3.05, 3.63) is 23.3 Å². The minimum Gasteiger partial charge on any atom is -0.481 e. The summed E-state index contributed by atoms with van der Waals surface area (Å²) in [6, 6.07) is 2.86. The van der Waals surface area contributed by atoms with Crippen molar-refractivity contribution in [2.24, 2.45) is 5.92 Å². The average Bonchev–Trinajstić information content (AvgIpc) is 2.90.